The summed E-state index contributed by atoms with van der Waals surface area (Å²) < 4.78 is 48.2. The Bertz CT molecular complexity index is 1220. The van der Waals surface area contributed by atoms with Crippen LogP contribution in [0.1, 0.15) is 92.4 Å². The Hall–Kier alpha value is -0.490. The zero-order valence-electron chi connectivity index (χ0n) is 29.0. The predicted octanol–water partition coefficient (Wildman–Crippen LogP) is 1.39. The SMILES string of the molecule is CC[C@H](CC[C@@H](C)[C@H]1[C@@H](O)[C@H](O)[C@@H]2[C@]1(C)CC[C@@H]1[C@@]3(C)CC[C@H](OS(=O)(=O)O)C[C@@H]3[C@H](O)C[C@]12O)[C@H](C)CO[C@@H]1OC[C@@H](O)[C@H](O)[C@H]1O. The van der Waals surface area contributed by atoms with Crippen LogP contribution in [0, 0.1) is 52.3 Å². The standard InChI is InChI=1S/C34H60O13S/c1-6-19(18(3)15-45-31-29(40)26(37)23(36)16-46-31)8-7-17(2)25-27(38)28(39)30-33(25,5)12-10-24-32(4)11-9-20(47-48(42,43)44)13-21(32)22(35)14-34(24,30)41/h17-31,35-41H,6-16H2,1-5H3,(H,42,43,44)/t17-,18-,19-,20+,21-,22-,23-,24-,25+,26+,27-,28+,29-,30-,31-,32+,33-,34+/m1/s1. The van der Waals surface area contributed by atoms with E-state index in [2.05, 4.69) is 27.7 Å². The van der Waals surface area contributed by atoms with Gasteiger partial charge in [0.15, 0.2) is 6.29 Å². The molecule has 18 atom stereocenters. The van der Waals surface area contributed by atoms with Crippen molar-refractivity contribution >= 4 is 10.4 Å². The molecule has 0 radical (unpaired) electrons. The minimum absolute atomic E-state index is 0.00642. The fourth-order valence-corrected chi connectivity index (χ4v) is 12.1. The van der Waals surface area contributed by atoms with Crippen LogP contribution in [-0.2, 0) is 24.1 Å². The quantitative estimate of drug-likeness (QED) is 0.142. The summed E-state index contributed by atoms with van der Waals surface area (Å²) >= 11 is 0. The molecule has 4 aliphatic carbocycles. The van der Waals surface area contributed by atoms with Gasteiger partial charge in [-0.2, -0.15) is 8.42 Å². The van der Waals surface area contributed by atoms with Gasteiger partial charge in [-0.1, -0.05) is 47.5 Å². The van der Waals surface area contributed by atoms with Crippen molar-refractivity contribution in [1.29, 1.82) is 0 Å². The maximum Gasteiger partial charge on any atom is 0.397 e. The molecule has 4 saturated carbocycles. The average molecular weight is 709 g/mol. The van der Waals surface area contributed by atoms with Gasteiger partial charge in [-0.15, -0.1) is 0 Å². The fraction of sp³-hybridized carbons (Fsp3) is 1.00. The summed E-state index contributed by atoms with van der Waals surface area (Å²) in [6.45, 7) is 10.5. The van der Waals surface area contributed by atoms with E-state index in [0.717, 1.165) is 19.3 Å². The molecule has 0 bridgehead atoms. The Labute approximate surface area is 284 Å². The Kier molecular flexibility index (Phi) is 11.4. The van der Waals surface area contributed by atoms with Gasteiger partial charge in [-0.05, 0) is 84.9 Å². The second kappa shape index (κ2) is 14.1. The van der Waals surface area contributed by atoms with Gasteiger partial charge in [0.25, 0.3) is 0 Å². The number of aliphatic hydroxyl groups is 7. The van der Waals surface area contributed by atoms with E-state index in [-0.39, 0.29) is 55.0 Å². The van der Waals surface area contributed by atoms with Crippen molar-refractivity contribution in [3.8, 4) is 0 Å². The molecule has 5 rings (SSSR count). The van der Waals surface area contributed by atoms with Crippen molar-refractivity contribution in [2.75, 3.05) is 13.2 Å². The summed E-state index contributed by atoms with van der Waals surface area (Å²) in [7, 11) is -4.64. The van der Waals surface area contributed by atoms with Crippen LogP contribution in [0.3, 0.4) is 0 Å². The highest BCUT2D eigenvalue weighted by Crippen LogP contribution is 2.70. The van der Waals surface area contributed by atoms with Gasteiger partial charge in [0.1, 0.15) is 18.3 Å². The van der Waals surface area contributed by atoms with Crippen LogP contribution in [0.2, 0.25) is 0 Å². The summed E-state index contributed by atoms with van der Waals surface area (Å²) in [5, 5.41) is 77.4. The van der Waals surface area contributed by atoms with E-state index >= 15 is 0 Å². The molecule has 0 aromatic rings. The molecule has 1 aliphatic heterocycles. The summed E-state index contributed by atoms with van der Waals surface area (Å²) in [4.78, 5) is 0. The zero-order valence-corrected chi connectivity index (χ0v) is 29.8. The van der Waals surface area contributed by atoms with E-state index in [1.54, 1.807) is 0 Å². The third-order valence-corrected chi connectivity index (χ3v) is 14.5. The van der Waals surface area contributed by atoms with E-state index in [1.807, 2.05) is 6.92 Å². The minimum Gasteiger partial charge on any atom is -0.393 e. The highest BCUT2D eigenvalue weighted by atomic mass is 32.3. The number of hydrogen-bond donors (Lipinski definition) is 8. The molecule has 1 saturated heterocycles. The summed E-state index contributed by atoms with van der Waals surface area (Å²) in [5.74, 6) is -1.22. The van der Waals surface area contributed by atoms with Crippen LogP contribution >= 0.6 is 0 Å². The molecule has 5 fully saturated rings. The van der Waals surface area contributed by atoms with Gasteiger partial charge in [-0.3, -0.25) is 4.55 Å². The number of hydrogen-bond acceptors (Lipinski definition) is 12. The van der Waals surface area contributed by atoms with Crippen molar-refractivity contribution in [3.63, 3.8) is 0 Å². The molecule has 0 aromatic carbocycles. The fourth-order valence-electron chi connectivity index (χ4n) is 11.6. The van der Waals surface area contributed by atoms with Crippen LogP contribution in [0.5, 0.6) is 0 Å². The first kappa shape index (κ1) is 38.7. The van der Waals surface area contributed by atoms with Crippen molar-refractivity contribution in [1.82, 2.24) is 0 Å². The van der Waals surface area contributed by atoms with Gasteiger partial charge >= 0.3 is 10.4 Å². The second-order valence-electron chi connectivity index (χ2n) is 16.7. The third-order valence-electron chi connectivity index (χ3n) is 14.0. The van der Waals surface area contributed by atoms with Gasteiger partial charge in [0.05, 0.1) is 43.2 Å². The van der Waals surface area contributed by atoms with E-state index in [0.29, 0.717) is 32.3 Å². The minimum atomic E-state index is -4.64. The maximum absolute atomic E-state index is 12.6. The van der Waals surface area contributed by atoms with E-state index in [9.17, 15) is 48.7 Å². The van der Waals surface area contributed by atoms with Crippen LogP contribution in [0.4, 0.5) is 0 Å². The molecular weight excluding hydrogens is 648 g/mol. The van der Waals surface area contributed by atoms with Gasteiger partial charge < -0.3 is 45.2 Å². The van der Waals surface area contributed by atoms with Gasteiger partial charge in [0, 0.05) is 12.3 Å². The van der Waals surface area contributed by atoms with Crippen LogP contribution in [-0.4, -0.2) is 117 Å². The molecule has 8 N–H and O–H groups in total. The van der Waals surface area contributed by atoms with Crippen molar-refractivity contribution < 1.29 is 62.4 Å². The molecular formula is C34H60O13S. The number of rotatable bonds is 11. The molecule has 48 heavy (non-hydrogen) atoms. The van der Waals surface area contributed by atoms with Crippen LogP contribution in [0.25, 0.3) is 0 Å². The first-order valence-electron chi connectivity index (χ1n) is 18.0. The first-order chi connectivity index (χ1) is 22.3. The van der Waals surface area contributed by atoms with Crippen LogP contribution in [0.15, 0.2) is 0 Å². The molecule has 5 aliphatic rings. The lowest BCUT2D eigenvalue weighted by molar-refractivity contribution is -0.273. The first-order valence-corrected chi connectivity index (χ1v) is 19.3. The lowest BCUT2D eigenvalue weighted by atomic mass is 9.42. The molecule has 0 unspecified atom stereocenters. The summed E-state index contributed by atoms with van der Waals surface area (Å²) in [6, 6.07) is 0. The predicted molar refractivity (Wildman–Crippen MR) is 172 cm³/mol. The van der Waals surface area contributed by atoms with Crippen LogP contribution < -0.4 is 0 Å². The molecule has 13 nitrogen and oxygen atoms in total. The molecule has 280 valence electrons. The molecule has 0 amide bonds. The lowest BCUT2D eigenvalue weighted by Crippen LogP contribution is -2.68. The molecule has 14 heteroatoms. The topological polar surface area (TPSA) is 224 Å². The second-order valence-corrected chi connectivity index (χ2v) is 17.7. The number of ether oxygens (including phenoxy) is 2. The van der Waals surface area contributed by atoms with Gasteiger partial charge in [0.2, 0.25) is 0 Å². The largest absolute Gasteiger partial charge is 0.397 e. The highest BCUT2D eigenvalue weighted by molar-refractivity contribution is 7.80. The third kappa shape index (κ3) is 6.88. The summed E-state index contributed by atoms with van der Waals surface area (Å²) in [5.41, 5.74) is -2.57. The Morgan fingerprint density at radius 1 is 0.896 bits per heavy atom. The summed E-state index contributed by atoms with van der Waals surface area (Å²) in [6.07, 6.45) is -3.95. The van der Waals surface area contributed by atoms with E-state index in [1.165, 1.54) is 0 Å². The molecule has 0 spiro atoms. The smallest absolute Gasteiger partial charge is 0.393 e. The highest BCUT2D eigenvalue weighted by Gasteiger charge is 2.72. The van der Waals surface area contributed by atoms with Crippen molar-refractivity contribution in [2.45, 2.75) is 147 Å². The Morgan fingerprint density at radius 2 is 1.56 bits per heavy atom. The molecule has 0 aromatic heterocycles. The van der Waals surface area contributed by atoms with Crippen molar-refractivity contribution in [3.05, 3.63) is 0 Å². The van der Waals surface area contributed by atoms with E-state index < -0.39 is 81.8 Å². The number of fused-ring (bicyclic) bond motifs is 5. The average Bonchev–Trinajstić information content (AvgIpc) is 3.20. The zero-order chi connectivity index (χ0) is 35.6. The monoisotopic (exact) mass is 708 g/mol. The maximum atomic E-state index is 12.6. The number of aliphatic hydroxyl groups excluding tert-OH is 6. The Morgan fingerprint density at radius 3 is 2.21 bits per heavy atom. The lowest BCUT2D eigenvalue weighted by Gasteiger charge is -2.66. The Balaban J connectivity index is 1.26. The van der Waals surface area contributed by atoms with Gasteiger partial charge in [-0.25, -0.2) is 4.18 Å². The molecule has 1 heterocycles. The van der Waals surface area contributed by atoms with Crippen molar-refractivity contribution in [2.24, 2.45) is 52.3 Å². The normalized spacial score (nSPS) is 49.8. The van der Waals surface area contributed by atoms with E-state index in [4.69, 9.17) is 13.7 Å².